The molecule has 2 heterocycles. The minimum Gasteiger partial charge on any atom is -0.368 e. The van der Waals surface area contributed by atoms with E-state index in [-0.39, 0.29) is 10.8 Å². The summed E-state index contributed by atoms with van der Waals surface area (Å²) in [5, 5.41) is 1.18. The highest BCUT2D eigenvalue weighted by Crippen LogP contribution is 2.35. The van der Waals surface area contributed by atoms with E-state index in [0.29, 0.717) is 21.6 Å². The first kappa shape index (κ1) is 15.1. The fraction of sp³-hybridized carbons (Fsp3) is 0. The van der Waals surface area contributed by atoms with Crippen LogP contribution in [0.5, 0.6) is 0 Å². The van der Waals surface area contributed by atoms with Gasteiger partial charge in [0.25, 0.3) is 10.0 Å². The normalized spacial score (nSPS) is 11.7. The second-order valence-electron chi connectivity index (χ2n) is 4.36. The Morgan fingerprint density at radius 1 is 1.27 bits per heavy atom. The zero-order valence-electron chi connectivity index (χ0n) is 10.8. The number of aromatic amines is 1. The molecule has 0 bridgehead atoms. The van der Waals surface area contributed by atoms with E-state index in [1.807, 2.05) is 0 Å². The van der Waals surface area contributed by atoms with E-state index in [1.165, 1.54) is 0 Å². The molecule has 0 saturated heterocycles. The molecule has 0 aliphatic carbocycles. The van der Waals surface area contributed by atoms with Gasteiger partial charge in [0, 0.05) is 16.1 Å². The molecule has 7 nitrogen and oxygen atoms in total. The van der Waals surface area contributed by atoms with E-state index in [1.54, 1.807) is 18.3 Å². The van der Waals surface area contributed by atoms with Crippen LogP contribution in [0.1, 0.15) is 0 Å². The van der Waals surface area contributed by atoms with E-state index in [0.717, 1.165) is 16.9 Å². The van der Waals surface area contributed by atoms with Gasteiger partial charge in [0.15, 0.2) is 0 Å². The molecule has 22 heavy (non-hydrogen) atoms. The topological polar surface area (TPSA) is 114 Å². The highest BCUT2D eigenvalue weighted by atomic mass is 79.9. The number of rotatable bonds is 3. The van der Waals surface area contributed by atoms with Gasteiger partial charge < -0.3 is 10.7 Å². The summed E-state index contributed by atoms with van der Waals surface area (Å²) in [6, 6.07) is 3.33. The van der Waals surface area contributed by atoms with Crippen LogP contribution < -0.4 is 10.5 Å². The highest BCUT2D eigenvalue weighted by molar-refractivity contribution is 9.10. The van der Waals surface area contributed by atoms with Crippen LogP contribution in [-0.2, 0) is 10.0 Å². The van der Waals surface area contributed by atoms with Crippen molar-refractivity contribution in [3.63, 3.8) is 0 Å². The van der Waals surface area contributed by atoms with Crippen LogP contribution in [0, 0.1) is 0 Å². The minimum absolute atomic E-state index is 0.00105. The first-order chi connectivity index (χ1) is 10.4. The molecule has 0 radical (unpaired) electrons. The average Bonchev–Trinajstić information content (AvgIpc) is 2.86. The lowest BCUT2D eigenvalue weighted by Crippen LogP contribution is -2.14. The summed E-state index contributed by atoms with van der Waals surface area (Å²) in [5.74, 6) is 0.00105. The first-order valence-electron chi connectivity index (χ1n) is 5.94. The number of fused-ring (bicyclic) bond motifs is 1. The molecule has 0 fully saturated rings. The van der Waals surface area contributed by atoms with Crippen LogP contribution in [0.3, 0.4) is 0 Å². The molecule has 0 unspecified atom stereocenters. The van der Waals surface area contributed by atoms with Crippen molar-refractivity contribution in [1.29, 1.82) is 0 Å². The summed E-state index contributed by atoms with van der Waals surface area (Å²) in [7, 11) is -3.83. The summed E-state index contributed by atoms with van der Waals surface area (Å²) in [6.07, 6.45) is 3.87. The van der Waals surface area contributed by atoms with Gasteiger partial charge in [0.1, 0.15) is 4.90 Å². The lowest BCUT2D eigenvalue weighted by atomic mass is 10.2. The van der Waals surface area contributed by atoms with Crippen molar-refractivity contribution in [3.8, 4) is 0 Å². The summed E-state index contributed by atoms with van der Waals surface area (Å²) in [4.78, 5) is 10.2. The van der Waals surface area contributed by atoms with Crippen LogP contribution in [0.4, 0.5) is 11.6 Å². The SMILES string of the molecule is Nc1ncc(S(=O)(=O)Nc2ccc(Br)c3c(Cl)c[nH]c23)cn1. The Morgan fingerprint density at radius 2 is 1.95 bits per heavy atom. The predicted octanol–water partition coefficient (Wildman–Crippen LogP) is 2.76. The number of nitrogens with one attached hydrogen (secondary N) is 2. The van der Waals surface area contributed by atoms with Gasteiger partial charge in [-0.05, 0) is 12.1 Å². The molecule has 10 heteroatoms. The molecule has 3 rings (SSSR count). The van der Waals surface area contributed by atoms with Gasteiger partial charge in [-0.1, -0.05) is 27.5 Å². The van der Waals surface area contributed by atoms with Crippen molar-refractivity contribution in [2.75, 3.05) is 10.5 Å². The summed E-state index contributed by atoms with van der Waals surface area (Å²) < 4.78 is 28.0. The maximum absolute atomic E-state index is 12.4. The Balaban J connectivity index is 2.06. The number of nitrogens with two attached hydrogens (primary N) is 1. The van der Waals surface area contributed by atoms with Crippen molar-refractivity contribution in [1.82, 2.24) is 15.0 Å². The summed E-state index contributed by atoms with van der Waals surface area (Å²) in [5.41, 5.74) is 6.29. The molecule has 1 aromatic carbocycles. The molecule has 3 aromatic rings. The monoisotopic (exact) mass is 401 g/mol. The molecule has 2 aromatic heterocycles. The summed E-state index contributed by atoms with van der Waals surface area (Å²) >= 11 is 9.46. The second kappa shape index (κ2) is 5.41. The zero-order valence-corrected chi connectivity index (χ0v) is 14.0. The number of sulfonamides is 1. The predicted molar refractivity (Wildman–Crippen MR) is 88.3 cm³/mol. The molecule has 114 valence electrons. The molecule has 0 saturated carbocycles. The number of halogens is 2. The van der Waals surface area contributed by atoms with Crippen molar-refractivity contribution in [3.05, 3.63) is 40.2 Å². The van der Waals surface area contributed by atoms with Crippen LogP contribution in [0.25, 0.3) is 10.9 Å². The molecule has 0 aliphatic heterocycles. The molecule has 4 N–H and O–H groups in total. The van der Waals surface area contributed by atoms with Gasteiger partial charge in [0.05, 0.1) is 28.6 Å². The summed E-state index contributed by atoms with van der Waals surface area (Å²) in [6.45, 7) is 0. The fourth-order valence-electron chi connectivity index (χ4n) is 1.92. The Morgan fingerprint density at radius 3 is 2.64 bits per heavy atom. The van der Waals surface area contributed by atoms with Gasteiger partial charge in [-0.3, -0.25) is 4.72 Å². The van der Waals surface area contributed by atoms with E-state index < -0.39 is 10.0 Å². The number of benzene rings is 1. The minimum atomic E-state index is -3.83. The Hall–Kier alpha value is -1.84. The van der Waals surface area contributed by atoms with E-state index in [4.69, 9.17) is 17.3 Å². The lowest BCUT2D eigenvalue weighted by Gasteiger charge is -2.09. The third-order valence-corrected chi connectivity index (χ3v) is 5.22. The third-order valence-electron chi connectivity index (χ3n) is 2.94. The average molecular weight is 403 g/mol. The van der Waals surface area contributed by atoms with Crippen LogP contribution in [0.2, 0.25) is 5.02 Å². The number of nitrogens with zero attached hydrogens (tertiary/aromatic N) is 2. The van der Waals surface area contributed by atoms with Gasteiger partial charge in [0.2, 0.25) is 5.95 Å². The Bertz CT molecular complexity index is 956. The van der Waals surface area contributed by atoms with Crippen molar-refractivity contribution >= 4 is 60.1 Å². The largest absolute Gasteiger partial charge is 0.368 e. The van der Waals surface area contributed by atoms with Crippen molar-refractivity contribution in [2.24, 2.45) is 0 Å². The van der Waals surface area contributed by atoms with E-state index >= 15 is 0 Å². The van der Waals surface area contributed by atoms with Gasteiger partial charge in [-0.25, -0.2) is 18.4 Å². The third kappa shape index (κ3) is 2.62. The lowest BCUT2D eigenvalue weighted by molar-refractivity contribution is 0.600. The molecular weight excluding hydrogens is 394 g/mol. The quantitative estimate of drug-likeness (QED) is 0.623. The number of hydrogen-bond donors (Lipinski definition) is 3. The Labute approximate surface area is 139 Å². The molecule has 0 spiro atoms. The fourth-order valence-corrected chi connectivity index (χ4v) is 3.79. The maximum Gasteiger partial charge on any atom is 0.265 e. The number of nitrogen functional groups attached to an aromatic ring is 1. The Kier molecular flexibility index (Phi) is 3.71. The van der Waals surface area contributed by atoms with Crippen molar-refractivity contribution < 1.29 is 8.42 Å². The van der Waals surface area contributed by atoms with Crippen LogP contribution in [0.15, 0.2) is 40.1 Å². The molecule has 0 atom stereocenters. The van der Waals surface area contributed by atoms with Gasteiger partial charge >= 0.3 is 0 Å². The second-order valence-corrected chi connectivity index (χ2v) is 7.31. The highest BCUT2D eigenvalue weighted by Gasteiger charge is 2.18. The molecule has 0 amide bonds. The van der Waals surface area contributed by atoms with Crippen LogP contribution in [-0.4, -0.2) is 23.4 Å². The van der Waals surface area contributed by atoms with Gasteiger partial charge in [-0.2, -0.15) is 0 Å². The molecule has 0 aliphatic rings. The number of aromatic nitrogens is 3. The smallest absolute Gasteiger partial charge is 0.265 e. The van der Waals surface area contributed by atoms with Crippen molar-refractivity contribution in [2.45, 2.75) is 4.90 Å². The number of H-pyrrole nitrogens is 1. The van der Waals surface area contributed by atoms with Gasteiger partial charge in [-0.15, -0.1) is 0 Å². The standard InChI is InChI=1S/C12H9BrClN5O2S/c13-7-1-2-9(11-10(7)8(14)5-16-11)19-22(20,21)6-3-17-12(15)18-4-6/h1-5,16,19H,(H2,15,17,18). The van der Waals surface area contributed by atoms with Crippen LogP contribution >= 0.6 is 27.5 Å². The first-order valence-corrected chi connectivity index (χ1v) is 8.59. The zero-order chi connectivity index (χ0) is 15.9. The number of anilines is 2. The molecular formula is C12H9BrClN5O2S. The van der Waals surface area contributed by atoms with E-state index in [2.05, 4.69) is 35.6 Å². The van der Waals surface area contributed by atoms with E-state index in [9.17, 15) is 8.42 Å². The maximum atomic E-state index is 12.4. The number of hydrogen-bond acceptors (Lipinski definition) is 5.